The third kappa shape index (κ3) is 5.30. The van der Waals surface area contributed by atoms with Gasteiger partial charge in [-0.2, -0.15) is 0 Å². The molecule has 0 saturated carbocycles. The summed E-state index contributed by atoms with van der Waals surface area (Å²) >= 11 is 0. The monoisotopic (exact) mass is 357 g/mol. The standard InChI is InChI=1S/C18H19N3O5/c1-3-17(22)19-13-8-7-12(2)16(9-13)20-18(23)11-26-15-6-4-5-14(10-15)21(24)25/h4-10H,3,11H2,1-2H3,(H,19,22)(H,20,23). The number of anilines is 2. The van der Waals surface area contributed by atoms with E-state index < -0.39 is 10.8 Å². The van der Waals surface area contributed by atoms with Gasteiger partial charge in [0.25, 0.3) is 11.6 Å². The molecule has 8 nitrogen and oxygen atoms in total. The molecular formula is C18H19N3O5. The van der Waals surface area contributed by atoms with Crippen molar-refractivity contribution in [3.63, 3.8) is 0 Å². The maximum atomic E-state index is 12.1. The van der Waals surface area contributed by atoms with Crippen molar-refractivity contribution >= 4 is 28.9 Å². The number of carbonyl (C=O) groups is 2. The number of amides is 2. The number of nitro groups is 1. The summed E-state index contributed by atoms with van der Waals surface area (Å²) in [5.41, 5.74) is 1.84. The zero-order chi connectivity index (χ0) is 19.1. The van der Waals surface area contributed by atoms with E-state index in [1.807, 2.05) is 6.92 Å². The number of ether oxygens (including phenoxy) is 1. The molecule has 0 aliphatic rings. The lowest BCUT2D eigenvalue weighted by Gasteiger charge is -2.12. The van der Waals surface area contributed by atoms with E-state index >= 15 is 0 Å². The number of benzene rings is 2. The van der Waals surface area contributed by atoms with Crippen LogP contribution in [0.2, 0.25) is 0 Å². The van der Waals surface area contributed by atoms with E-state index in [1.54, 1.807) is 25.1 Å². The third-order valence-electron chi connectivity index (χ3n) is 3.51. The predicted octanol–water partition coefficient (Wildman–Crippen LogP) is 3.27. The Morgan fingerprint density at radius 1 is 1.12 bits per heavy atom. The zero-order valence-electron chi connectivity index (χ0n) is 14.4. The van der Waals surface area contributed by atoms with Gasteiger partial charge in [0.05, 0.1) is 11.0 Å². The highest BCUT2D eigenvalue weighted by molar-refractivity contribution is 5.95. The molecule has 0 fully saturated rings. The first-order chi connectivity index (χ1) is 12.4. The van der Waals surface area contributed by atoms with Crippen molar-refractivity contribution < 1.29 is 19.2 Å². The highest BCUT2D eigenvalue weighted by Crippen LogP contribution is 2.21. The smallest absolute Gasteiger partial charge is 0.273 e. The number of nitrogens with one attached hydrogen (secondary N) is 2. The second-order valence-electron chi connectivity index (χ2n) is 5.52. The quantitative estimate of drug-likeness (QED) is 0.583. The minimum absolute atomic E-state index is 0.113. The summed E-state index contributed by atoms with van der Waals surface area (Å²) in [5, 5.41) is 16.2. The van der Waals surface area contributed by atoms with Gasteiger partial charge in [-0.1, -0.05) is 19.1 Å². The van der Waals surface area contributed by atoms with Crippen molar-refractivity contribution in [2.75, 3.05) is 17.2 Å². The van der Waals surface area contributed by atoms with E-state index in [2.05, 4.69) is 10.6 Å². The average Bonchev–Trinajstić information content (AvgIpc) is 2.63. The first-order valence-electron chi connectivity index (χ1n) is 7.96. The van der Waals surface area contributed by atoms with Crippen LogP contribution in [0.4, 0.5) is 17.1 Å². The van der Waals surface area contributed by atoms with Gasteiger partial charge in [-0.05, 0) is 30.7 Å². The minimum Gasteiger partial charge on any atom is -0.484 e. The fourth-order valence-corrected chi connectivity index (χ4v) is 2.11. The SMILES string of the molecule is CCC(=O)Nc1ccc(C)c(NC(=O)COc2cccc([N+](=O)[O-])c2)c1. The van der Waals surface area contributed by atoms with Gasteiger partial charge in [0, 0.05) is 23.9 Å². The summed E-state index contributed by atoms with van der Waals surface area (Å²) in [7, 11) is 0. The molecule has 136 valence electrons. The fraction of sp³-hybridized carbons (Fsp3) is 0.222. The van der Waals surface area contributed by atoms with E-state index in [0.717, 1.165) is 5.56 Å². The van der Waals surface area contributed by atoms with Crippen LogP contribution < -0.4 is 15.4 Å². The number of aryl methyl sites for hydroxylation is 1. The second kappa shape index (κ2) is 8.61. The van der Waals surface area contributed by atoms with Crippen molar-refractivity contribution in [1.82, 2.24) is 0 Å². The van der Waals surface area contributed by atoms with Crippen LogP contribution in [0.5, 0.6) is 5.75 Å². The van der Waals surface area contributed by atoms with Crippen molar-refractivity contribution in [1.29, 1.82) is 0 Å². The summed E-state index contributed by atoms with van der Waals surface area (Å²) in [6.45, 7) is 3.27. The number of rotatable bonds is 7. The lowest BCUT2D eigenvalue weighted by molar-refractivity contribution is -0.384. The van der Waals surface area contributed by atoms with Crippen LogP contribution in [0.3, 0.4) is 0 Å². The molecule has 0 aliphatic carbocycles. The van der Waals surface area contributed by atoms with Gasteiger partial charge in [0.2, 0.25) is 5.91 Å². The Labute approximate surface area is 150 Å². The van der Waals surface area contributed by atoms with E-state index in [9.17, 15) is 19.7 Å². The molecule has 0 aromatic heterocycles. The van der Waals surface area contributed by atoms with Gasteiger partial charge in [-0.15, -0.1) is 0 Å². The maximum Gasteiger partial charge on any atom is 0.273 e. The Morgan fingerprint density at radius 2 is 1.88 bits per heavy atom. The summed E-state index contributed by atoms with van der Waals surface area (Å²) < 4.78 is 5.30. The molecule has 0 saturated heterocycles. The van der Waals surface area contributed by atoms with Gasteiger partial charge < -0.3 is 15.4 Å². The first-order valence-corrected chi connectivity index (χ1v) is 7.96. The van der Waals surface area contributed by atoms with Gasteiger partial charge in [0.1, 0.15) is 5.75 Å². The molecule has 2 rings (SSSR count). The molecular weight excluding hydrogens is 338 g/mol. The van der Waals surface area contributed by atoms with Gasteiger partial charge in [-0.3, -0.25) is 19.7 Å². The average molecular weight is 357 g/mol. The second-order valence-corrected chi connectivity index (χ2v) is 5.52. The lowest BCUT2D eigenvalue weighted by atomic mass is 10.1. The van der Waals surface area contributed by atoms with E-state index in [0.29, 0.717) is 17.8 Å². The topological polar surface area (TPSA) is 111 Å². The molecule has 0 unspecified atom stereocenters. The van der Waals surface area contributed by atoms with E-state index in [4.69, 9.17) is 4.74 Å². The largest absolute Gasteiger partial charge is 0.484 e. The van der Waals surface area contributed by atoms with E-state index in [1.165, 1.54) is 24.3 Å². The molecule has 0 radical (unpaired) electrons. The molecule has 2 amide bonds. The fourth-order valence-electron chi connectivity index (χ4n) is 2.11. The minimum atomic E-state index is -0.535. The molecule has 8 heteroatoms. The highest BCUT2D eigenvalue weighted by Gasteiger charge is 2.10. The van der Waals surface area contributed by atoms with Crippen LogP contribution in [-0.2, 0) is 9.59 Å². The summed E-state index contributed by atoms with van der Waals surface area (Å²) in [6.07, 6.45) is 0.354. The molecule has 0 heterocycles. The third-order valence-corrected chi connectivity index (χ3v) is 3.51. The van der Waals surface area contributed by atoms with Crippen molar-refractivity contribution in [2.24, 2.45) is 0 Å². The number of hydrogen-bond donors (Lipinski definition) is 2. The number of nitrogens with zero attached hydrogens (tertiary/aromatic N) is 1. The molecule has 2 aromatic carbocycles. The van der Waals surface area contributed by atoms with Gasteiger partial charge in [0.15, 0.2) is 6.61 Å². The van der Waals surface area contributed by atoms with Gasteiger partial charge in [-0.25, -0.2) is 0 Å². The number of non-ortho nitro benzene ring substituents is 1. The van der Waals surface area contributed by atoms with Crippen LogP contribution in [0.25, 0.3) is 0 Å². The van der Waals surface area contributed by atoms with Crippen LogP contribution in [0.15, 0.2) is 42.5 Å². The molecule has 0 spiro atoms. The molecule has 0 bridgehead atoms. The molecule has 0 aliphatic heterocycles. The summed E-state index contributed by atoms with van der Waals surface area (Å²) in [6, 6.07) is 10.8. The van der Waals surface area contributed by atoms with Crippen LogP contribution >= 0.6 is 0 Å². The number of nitro benzene ring substituents is 1. The number of hydrogen-bond acceptors (Lipinski definition) is 5. The van der Waals surface area contributed by atoms with Crippen LogP contribution in [0.1, 0.15) is 18.9 Å². The molecule has 26 heavy (non-hydrogen) atoms. The Hall–Kier alpha value is -3.42. The normalized spacial score (nSPS) is 10.1. The Balaban J connectivity index is 1.99. The van der Waals surface area contributed by atoms with Crippen molar-refractivity contribution in [3.05, 3.63) is 58.1 Å². The Kier molecular flexibility index (Phi) is 6.26. The molecule has 2 aromatic rings. The lowest BCUT2D eigenvalue weighted by Crippen LogP contribution is -2.21. The molecule has 0 atom stereocenters. The van der Waals surface area contributed by atoms with Crippen molar-refractivity contribution in [2.45, 2.75) is 20.3 Å². The van der Waals surface area contributed by atoms with Crippen molar-refractivity contribution in [3.8, 4) is 5.75 Å². The number of carbonyl (C=O) groups excluding carboxylic acids is 2. The highest BCUT2D eigenvalue weighted by atomic mass is 16.6. The zero-order valence-corrected chi connectivity index (χ0v) is 14.4. The molecule has 2 N–H and O–H groups in total. The summed E-state index contributed by atoms with van der Waals surface area (Å²) in [4.78, 5) is 33.8. The Bertz CT molecular complexity index is 835. The van der Waals surface area contributed by atoms with Gasteiger partial charge >= 0.3 is 0 Å². The predicted molar refractivity (Wildman–Crippen MR) is 97.3 cm³/mol. The van der Waals surface area contributed by atoms with E-state index in [-0.39, 0.29) is 24.0 Å². The van der Waals surface area contributed by atoms with Crippen LogP contribution in [-0.4, -0.2) is 23.3 Å². The Morgan fingerprint density at radius 3 is 2.58 bits per heavy atom. The van der Waals surface area contributed by atoms with Crippen LogP contribution in [0, 0.1) is 17.0 Å². The first kappa shape index (κ1) is 18.9. The summed E-state index contributed by atoms with van der Waals surface area (Å²) in [5.74, 6) is -0.311. The maximum absolute atomic E-state index is 12.1.